The molecule has 0 spiro atoms. The number of hydrogen-bond donors (Lipinski definition) is 1. The minimum atomic E-state index is 0.324. The first kappa shape index (κ1) is 15.4. The summed E-state index contributed by atoms with van der Waals surface area (Å²) in [6.45, 7) is 5.64. The van der Waals surface area contributed by atoms with Gasteiger partial charge < -0.3 is 10.1 Å². The number of nitrogens with zero attached hydrogens (tertiary/aromatic N) is 5. The Hall–Kier alpha value is -1.54. The zero-order valence-corrected chi connectivity index (χ0v) is 14.1. The lowest BCUT2D eigenvalue weighted by molar-refractivity contribution is 0.177. The van der Waals surface area contributed by atoms with E-state index in [0.29, 0.717) is 18.6 Å². The Morgan fingerprint density at radius 1 is 1.36 bits per heavy atom. The van der Waals surface area contributed by atoms with Crippen LogP contribution in [-0.2, 0) is 30.7 Å². The highest BCUT2D eigenvalue weighted by molar-refractivity contribution is 7.09. The average molecular weight is 322 g/mol. The fourth-order valence-corrected chi connectivity index (χ4v) is 3.28. The van der Waals surface area contributed by atoms with Gasteiger partial charge in [-0.15, -0.1) is 0 Å². The summed E-state index contributed by atoms with van der Waals surface area (Å²) in [4.78, 5) is 9.06. The number of nitrogens with one attached hydrogen (secondary N) is 1. The SMILES string of the molecule is COCc1nc2n(n1)C[C@@H](Nc1nc(CC(C)C)ns1)CC2. The molecule has 0 fully saturated rings. The van der Waals surface area contributed by atoms with Crippen LogP contribution < -0.4 is 5.32 Å². The number of hydrogen-bond acceptors (Lipinski definition) is 7. The molecule has 7 nitrogen and oxygen atoms in total. The fourth-order valence-electron chi connectivity index (χ4n) is 2.60. The van der Waals surface area contributed by atoms with E-state index in [2.05, 4.69) is 38.6 Å². The van der Waals surface area contributed by atoms with Crippen molar-refractivity contribution in [2.75, 3.05) is 12.4 Å². The Bertz CT molecular complexity index is 623. The number of aryl methyl sites for hydroxylation is 1. The summed E-state index contributed by atoms with van der Waals surface area (Å²) < 4.78 is 11.5. The Balaban J connectivity index is 1.61. The van der Waals surface area contributed by atoms with Crippen molar-refractivity contribution >= 4 is 16.7 Å². The van der Waals surface area contributed by atoms with Crippen LogP contribution in [0, 0.1) is 5.92 Å². The number of rotatable bonds is 6. The second-order valence-electron chi connectivity index (χ2n) is 6.05. The van der Waals surface area contributed by atoms with Crippen LogP contribution in [-0.4, -0.2) is 37.3 Å². The largest absolute Gasteiger partial charge is 0.377 e. The molecule has 1 atom stereocenters. The molecule has 0 aromatic carbocycles. The summed E-state index contributed by atoms with van der Waals surface area (Å²) in [7, 11) is 1.66. The van der Waals surface area contributed by atoms with E-state index >= 15 is 0 Å². The Kier molecular flexibility index (Phi) is 4.68. The Labute approximate surface area is 134 Å². The maximum absolute atomic E-state index is 5.09. The Morgan fingerprint density at radius 3 is 3.00 bits per heavy atom. The van der Waals surface area contributed by atoms with Gasteiger partial charge in [0.25, 0.3) is 0 Å². The van der Waals surface area contributed by atoms with Gasteiger partial charge in [0.2, 0.25) is 5.13 Å². The van der Waals surface area contributed by atoms with Gasteiger partial charge in [-0.1, -0.05) is 13.8 Å². The van der Waals surface area contributed by atoms with E-state index < -0.39 is 0 Å². The van der Waals surface area contributed by atoms with Crippen LogP contribution in [0.4, 0.5) is 5.13 Å². The van der Waals surface area contributed by atoms with E-state index in [9.17, 15) is 0 Å². The molecule has 0 bridgehead atoms. The number of fused-ring (bicyclic) bond motifs is 1. The van der Waals surface area contributed by atoms with Crippen molar-refractivity contribution in [1.29, 1.82) is 0 Å². The third kappa shape index (κ3) is 3.61. The highest BCUT2D eigenvalue weighted by Gasteiger charge is 2.22. The van der Waals surface area contributed by atoms with Crippen molar-refractivity contribution in [3.63, 3.8) is 0 Å². The van der Waals surface area contributed by atoms with Gasteiger partial charge in [0.15, 0.2) is 5.82 Å². The molecule has 2 aromatic rings. The zero-order chi connectivity index (χ0) is 15.5. The first-order valence-corrected chi connectivity index (χ1v) is 8.42. The molecule has 1 aliphatic heterocycles. The van der Waals surface area contributed by atoms with E-state index in [1.54, 1.807) is 7.11 Å². The van der Waals surface area contributed by atoms with Crippen LogP contribution in [0.3, 0.4) is 0 Å². The predicted octanol–water partition coefficient (Wildman–Crippen LogP) is 1.90. The number of ether oxygens (including phenoxy) is 1. The normalized spacial score (nSPS) is 17.7. The van der Waals surface area contributed by atoms with Crippen molar-refractivity contribution in [2.24, 2.45) is 5.92 Å². The van der Waals surface area contributed by atoms with Gasteiger partial charge in [-0.2, -0.15) is 9.47 Å². The third-order valence-electron chi connectivity index (χ3n) is 3.56. The molecule has 0 radical (unpaired) electrons. The van der Waals surface area contributed by atoms with Crippen LogP contribution in [0.25, 0.3) is 0 Å². The highest BCUT2D eigenvalue weighted by Crippen LogP contribution is 2.20. The average Bonchev–Trinajstić information content (AvgIpc) is 3.04. The molecule has 0 amide bonds. The molecule has 0 saturated heterocycles. The standard InChI is InChI=1S/C14H22N6OS/c1-9(2)6-11-17-14(22-19-11)15-10-4-5-13-16-12(8-21-3)18-20(13)7-10/h9-10H,4-8H2,1-3H3,(H,15,17,19)/t10-/m0/s1. The molecule has 8 heteroatoms. The van der Waals surface area contributed by atoms with Crippen LogP contribution in [0.15, 0.2) is 0 Å². The van der Waals surface area contributed by atoms with Crippen molar-refractivity contribution in [1.82, 2.24) is 24.1 Å². The molecule has 1 aliphatic rings. The monoisotopic (exact) mass is 322 g/mol. The first-order chi connectivity index (χ1) is 10.6. The van der Waals surface area contributed by atoms with Gasteiger partial charge in [-0.05, 0) is 12.3 Å². The lowest BCUT2D eigenvalue weighted by Crippen LogP contribution is -2.31. The molecule has 0 aliphatic carbocycles. The summed E-state index contributed by atoms with van der Waals surface area (Å²) in [5, 5.41) is 8.87. The Morgan fingerprint density at radius 2 is 2.23 bits per heavy atom. The molecule has 0 saturated carbocycles. The minimum Gasteiger partial charge on any atom is -0.377 e. The summed E-state index contributed by atoms with van der Waals surface area (Å²) in [5.41, 5.74) is 0. The van der Waals surface area contributed by atoms with Gasteiger partial charge >= 0.3 is 0 Å². The quantitative estimate of drug-likeness (QED) is 0.875. The molecule has 3 rings (SSSR count). The second kappa shape index (κ2) is 6.70. The van der Waals surface area contributed by atoms with Crippen molar-refractivity contribution in [3.8, 4) is 0 Å². The van der Waals surface area contributed by atoms with E-state index in [4.69, 9.17) is 4.74 Å². The molecule has 2 aromatic heterocycles. The van der Waals surface area contributed by atoms with Gasteiger partial charge in [-0.25, -0.2) is 14.6 Å². The van der Waals surface area contributed by atoms with Crippen LogP contribution >= 0.6 is 11.5 Å². The summed E-state index contributed by atoms with van der Waals surface area (Å²) in [6, 6.07) is 0.324. The van der Waals surface area contributed by atoms with E-state index in [1.807, 2.05) is 4.68 Å². The van der Waals surface area contributed by atoms with Crippen LogP contribution in [0.5, 0.6) is 0 Å². The fraction of sp³-hybridized carbons (Fsp3) is 0.714. The topological polar surface area (TPSA) is 77.8 Å². The van der Waals surface area contributed by atoms with Crippen LogP contribution in [0.2, 0.25) is 0 Å². The molecule has 0 unspecified atom stereocenters. The summed E-state index contributed by atoms with van der Waals surface area (Å²) >= 11 is 1.44. The van der Waals surface area contributed by atoms with Crippen molar-refractivity contribution in [3.05, 3.63) is 17.5 Å². The highest BCUT2D eigenvalue weighted by atomic mass is 32.1. The van der Waals surface area contributed by atoms with E-state index in [0.717, 1.165) is 48.4 Å². The van der Waals surface area contributed by atoms with Gasteiger partial charge in [0.05, 0.1) is 6.54 Å². The second-order valence-corrected chi connectivity index (χ2v) is 6.80. The van der Waals surface area contributed by atoms with Gasteiger partial charge in [0, 0.05) is 37.5 Å². The van der Waals surface area contributed by atoms with Gasteiger partial charge in [0.1, 0.15) is 18.3 Å². The number of anilines is 1. The van der Waals surface area contributed by atoms with E-state index in [1.165, 1.54) is 11.5 Å². The zero-order valence-electron chi connectivity index (χ0n) is 13.2. The maximum atomic E-state index is 5.09. The summed E-state index contributed by atoms with van der Waals surface area (Å²) in [5.74, 6) is 3.31. The van der Waals surface area contributed by atoms with Crippen LogP contribution in [0.1, 0.15) is 37.7 Å². The molecule has 120 valence electrons. The molecule has 3 heterocycles. The third-order valence-corrected chi connectivity index (χ3v) is 4.25. The predicted molar refractivity (Wildman–Crippen MR) is 84.9 cm³/mol. The first-order valence-electron chi connectivity index (χ1n) is 7.64. The minimum absolute atomic E-state index is 0.324. The number of methoxy groups -OCH3 is 1. The van der Waals surface area contributed by atoms with Crippen molar-refractivity contribution in [2.45, 2.75) is 52.3 Å². The smallest absolute Gasteiger partial charge is 0.202 e. The summed E-state index contributed by atoms with van der Waals surface area (Å²) in [6.07, 6.45) is 2.88. The lowest BCUT2D eigenvalue weighted by Gasteiger charge is -2.22. The van der Waals surface area contributed by atoms with Gasteiger partial charge in [-0.3, -0.25) is 0 Å². The maximum Gasteiger partial charge on any atom is 0.202 e. The lowest BCUT2D eigenvalue weighted by atomic mass is 10.1. The molecular weight excluding hydrogens is 300 g/mol. The number of aromatic nitrogens is 5. The van der Waals surface area contributed by atoms with E-state index in [-0.39, 0.29) is 0 Å². The molecular formula is C14H22N6OS. The van der Waals surface area contributed by atoms with Crippen molar-refractivity contribution < 1.29 is 4.74 Å². The molecule has 22 heavy (non-hydrogen) atoms. The molecule has 1 N–H and O–H groups in total.